The Morgan fingerprint density at radius 2 is 1.97 bits per heavy atom. The van der Waals surface area contributed by atoms with E-state index >= 15 is 0 Å². The van der Waals surface area contributed by atoms with E-state index in [1.165, 1.54) is 0 Å². The van der Waals surface area contributed by atoms with E-state index in [2.05, 4.69) is 21.2 Å². The van der Waals surface area contributed by atoms with Gasteiger partial charge in [0.2, 0.25) is 5.91 Å². The van der Waals surface area contributed by atoms with Gasteiger partial charge in [-0.15, -0.1) is 0 Å². The molecule has 2 amide bonds. The summed E-state index contributed by atoms with van der Waals surface area (Å²) in [6.45, 7) is 2.53. The molecule has 0 radical (unpaired) electrons. The van der Waals surface area contributed by atoms with Crippen molar-refractivity contribution in [2.75, 3.05) is 25.0 Å². The number of nitrogens with one attached hydrogen (secondary N) is 1. The highest BCUT2D eigenvalue weighted by atomic mass is 79.9. The second-order valence-electron chi connectivity index (χ2n) is 7.90. The van der Waals surface area contributed by atoms with Crippen molar-refractivity contribution >= 4 is 39.2 Å². The first-order valence-corrected chi connectivity index (χ1v) is 10.9. The van der Waals surface area contributed by atoms with Gasteiger partial charge < -0.3 is 19.7 Å². The molecule has 7 nitrogen and oxygen atoms in total. The molecule has 2 aliphatic heterocycles. The number of likely N-dealkylation sites (tertiary alicyclic amines) is 1. The van der Waals surface area contributed by atoms with Gasteiger partial charge in [-0.25, -0.2) is 0 Å². The van der Waals surface area contributed by atoms with Crippen LogP contribution in [0.5, 0.6) is 11.5 Å². The molecule has 0 aromatic heterocycles. The van der Waals surface area contributed by atoms with Gasteiger partial charge in [-0.3, -0.25) is 14.4 Å². The van der Waals surface area contributed by atoms with Crippen LogP contribution in [0.1, 0.15) is 36.5 Å². The van der Waals surface area contributed by atoms with Gasteiger partial charge in [0.05, 0.1) is 12.0 Å². The van der Waals surface area contributed by atoms with E-state index in [4.69, 9.17) is 9.47 Å². The fourth-order valence-electron chi connectivity index (χ4n) is 3.98. The number of nitrogens with zero attached hydrogens (tertiary/aromatic N) is 1. The minimum atomic E-state index is -0.591. The van der Waals surface area contributed by atoms with Crippen LogP contribution in [-0.2, 0) is 9.59 Å². The first kappa shape index (κ1) is 21.4. The topological polar surface area (TPSA) is 84.9 Å². The summed E-state index contributed by atoms with van der Waals surface area (Å²) >= 11 is 3.36. The Bertz CT molecular complexity index is 1030. The number of amides is 2. The minimum Gasteiger partial charge on any atom is -0.486 e. The molecule has 0 atom stereocenters. The summed E-state index contributed by atoms with van der Waals surface area (Å²) in [4.78, 5) is 38.3. The lowest BCUT2D eigenvalue weighted by Gasteiger charge is -2.43. The van der Waals surface area contributed by atoms with Gasteiger partial charge in [-0.2, -0.15) is 0 Å². The summed E-state index contributed by atoms with van der Waals surface area (Å²) in [6, 6.07) is 12.3. The number of halogens is 1. The molecule has 1 saturated heterocycles. The smallest absolute Gasteiger partial charge is 0.262 e. The molecule has 0 aliphatic carbocycles. The van der Waals surface area contributed by atoms with Crippen molar-refractivity contribution in [3.63, 3.8) is 0 Å². The molecule has 2 aromatic rings. The first-order valence-electron chi connectivity index (χ1n) is 10.1. The number of carbonyl (C=O) groups is 3. The monoisotopic (exact) mass is 486 g/mol. The SMILES string of the molecule is CC(=O)N1CCC2(CC1)CC(=O)c1ccc(OCC(=O)Nc3cccc(Br)c3)cc1O2. The van der Waals surface area contributed by atoms with Crippen molar-refractivity contribution in [3.05, 3.63) is 52.5 Å². The minimum absolute atomic E-state index is 0.0245. The lowest BCUT2D eigenvalue weighted by molar-refractivity contribution is -0.132. The summed E-state index contributed by atoms with van der Waals surface area (Å²) in [5, 5.41) is 2.77. The van der Waals surface area contributed by atoms with Crippen LogP contribution < -0.4 is 14.8 Å². The zero-order valence-electron chi connectivity index (χ0n) is 17.2. The van der Waals surface area contributed by atoms with E-state index in [9.17, 15) is 14.4 Å². The second-order valence-corrected chi connectivity index (χ2v) is 8.81. The van der Waals surface area contributed by atoms with Crippen molar-refractivity contribution in [1.29, 1.82) is 0 Å². The highest BCUT2D eigenvalue weighted by Gasteiger charge is 2.43. The Morgan fingerprint density at radius 3 is 2.68 bits per heavy atom. The zero-order valence-corrected chi connectivity index (χ0v) is 18.7. The van der Waals surface area contributed by atoms with Gasteiger partial charge in [0.15, 0.2) is 12.4 Å². The average Bonchev–Trinajstić information content (AvgIpc) is 2.72. The van der Waals surface area contributed by atoms with Crippen molar-refractivity contribution in [3.8, 4) is 11.5 Å². The number of piperidine rings is 1. The normalized spacial score (nSPS) is 17.0. The van der Waals surface area contributed by atoms with Crippen molar-refractivity contribution in [2.45, 2.75) is 31.8 Å². The molecule has 0 unspecified atom stereocenters. The third-order valence-corrected chi connectivity index (χ3v) is 6.15. The molecule has 31 heavy (non-hydrogen) atoms. The van der Waals surface area contributed by atoms with Gasteiger partial charge in [-0.05, 0) is 30.3 Å². The van der Waals surface area contributed by atoms with Crippen LogP contribution in [0.3, 0.4) is 0 Å². The molecule has 1 spiro atoms. The molecule has 162 valence electrons. The number of hydrogen-bond donors (Lipinski definition) is 1. The van der Waals surface area contributed by atoms with Gasteiger partial charge in [-0.1, -0.05) is 22.0 Å². The highest BCUT2D eigenvalue weighted by Crippen LogP contribution is 2.40. The molecule has 4 rings (SSSR count). The first-order chi connectivity index (χ1) is 14.8. The van der Waals surface area contributed by atoms with Crippen molar-refractivity contribution < 1.29 is 23.9 Å². The van der Waals surface area contributed by atoms with Crippen LogP contribution in [-0.4, -0.2) is 47.8 Å². The van der Waals surface area contributed by atoms with Gasteiger partial charge in [0.25, 0.3) is 5.91 Å². The molecule has 1 fully saturated rings. The number of Topliss-reactive ketones (excluding diaryl/α,β-unsaturated/α-hetero) is 1. The summed E-state index contributed by atoms with van der Waals surface area (Å²) in [7, 11) is 0. The largest absolute Gasteiger partial charge is 0.486 e. The van der Waals surface area contributed by atoms with Gasteiger partial charge >= 0.3 is 0 Å². The molecule has 2 aliphatic rings. The molecule has 8 heteroatoms. The molecule has 2 aromatic carbocycles. The van der Waals surface area contributed by atoms with E-state index in [-0.39, 0.29) is 24.2 Å². The Morgan fingerprint density at radius 1 is 1.19 bits per heavy atom. The van der Waals surface area contributed by atoms with E-state index in [0.29, 0.717) is 55.1 Å². The predicted octanol–water partition coefficient (Wildman–Crippen LogP) is 3.81. The lowest BCUT2D eigenvalue weighted by atomic mass is 9.82. The van der Waals surface area contributed by atoms with Gasteiger partial charge in [0.1, 0.15) is 17.1 Å². The van der Waals surface area contributed by atoms with Crippen LogP contribution in [0.4, 0.5) is 5.69 Å². The third kappa shape index (κ3) is 4.90. The maximum atomic E-state index is 12.7. The van der Waals surface area contributed by atoms with Gasteiger partial charge in [0, 0.05) is 49.1 Å². The zero-order chi connectivity index (χ0) is 22.0. The molecular formula is C23H23BrN2O5. The lowest BCUT2D eigenvalue weighted by Crippen LogP contribution is -2.51. The molecular weight excluding hydrogens is 464 g/mol. The average molecular weight is 487 g/mol. The predicted molar refractivity (Wildman–Crippen MR) is 119 cm³/mol. The van der Waals surface area contributed by atoms with Crippen molar-refractivity contribution in [1.82, 2.24) is 4.90 Å². The van der Waals surface area contributed by atoms with Crippen LogP contribution >= 0.6 is 15.9 Å². The fourth-order valence-corrected chi connectivity index (χ4v) is 4.38. The number of anilines is 1. The Kier molecular flexibility index (Phi) is 6.00. The fraction of sp³-hybridized carbons (Fsp3) is 0.348. The number of ether oxygens (including phenoxy) is 2. The third-order valence-electron chi connectivity index (χ3n) is 5.66. The summed E-state index contributed by atoms with van der Waals surface area (Å²) < 4.78 is 12.8. The number of hydrogen-bond acceptors (Lipinski definition) is 5. The standard InChI is InChI=1S/C23H23BrN2O5/c1-15(27)26-9-7-23(8-10-26)13-20(28)19-6-5-18(12-21(19)31-23)30-14-22(29)25-17-4-2-3-16(24)11-17/h2-6,11-12H,7-10,13-14H2,1H3,(H,25,29). The number of carbonyl (C=O) groups excluding carboxylic acids is 3. The maximum Gasteiger partial charge on any atom is 0.262 e. The maximum absolute atomic E-state index is 12.7. The molecule has 2 heterocycles. The van der Waals surface area contributed by atoms with Crippen LogP contribution in [0.25, 0.3) is 0 Å². The van der Waals surface area contributed by atoms with Crippen molar-refractivity contribution in [2.24, 2.45) is 0 Å². The number of benzene rings is 2. The Hall–Kier alpha value is -2.87. The van der Waals surface area contributed by atoms with Crippen LogP contribution in [0.2, 0.25) is 0 Å². The molecule has 0 saturated carbocycles. The highest BCUT2D eigenvalue weighted by molar-refractivity contribution is 9.10. The Balaban J connectivity index is 1.41. The van der Waals surface area contributed by atoms with Crippen LogP contribution in [0, 0.1) is 0 Å². The summed E-state index contributed by atoms with van der Waals surface area (Å²) in [5.74, 6) is 0.693. The summed E-state index contributed by atoms with van der Waals surface area (Å²) in [5.41, 5.74) is 0.596. The van der Waals surface area contributed by atoms with Crippen LogP contribution in [0.15, 0.2) is 46.9 Å². The molecule has 0 bridgehead atoms. The van der Waals surface area contributed by atoms with E-state index in [1.54, 1.807) is 42.2 Å². The van der Waals surface area contributed by atoms with E-state index < -0.39 is 5.60 Å². The number of ketones is 1. The number of fused-ring (bicyclic) bond motifs is 1. The number of rotatable bonds is 4. The second kappa shape index (κ2) is 8.70. The molecule has 1 N–H and O–H groups in total. The summed E-state index contributed by atoms with van der Waals surface area (Å²) in [6.07, 6.45) is 1.52. The Labute approximate surface area is 188 Å². The quantitative estimate of drug-likeness (QED) is 0.709. The van der Waals surface area contributed by atoms with E-state index in [0.717, 1.165) is 4.47 Å². The van der Waals surface area contributed by atoms with E-state index in [1.807, 2.05) is 12.1 Å².